The Hall–Kier alpha value is -2.53. The second-order valence-corrected chi connectivity index (χ2v) is 8.36. The normalized spacial score (nSPS) is 12.7. The zero-order valence-electron chi connectivity index (χ0n) is 19.1. The quantitative estimate of drug-likeness (QED) is 0.557. The fourth-order valence-electron chi connectivity index (χ4n) is 3.19. The Bertz CT molecular complexity index is 883. The molecule has 0 unspecified atom stereocenters. The number of halogens is 1. The highest BCUT2D eigenvalue weighted by Crippen LogP contribution is 2.21. The van der Waals surface area contributed by atoms with E-state index in [-0.39, 0.29) is 24.5 Å². The van der Waals surface area contributed by atoms with Crippen molar-refractivity contribution in [2.75, 3.05) is 6.61 Å². The summed E-state index contributed by atoms with van der Waals surface area (Å²) in [5, 5.41) is 3.66. The maximum absolute atomic E-state index is 13.2. The molecule has 0 fully saturated rings. The van der Waals surface area contributed by atoms with E-state index < -0.39 is 6.04 Å². The molecule has 0 bridgehead atoms. The van der Waals surface area contributed by atoms with E-state index in [2.05, 4.69) is 5.32 Å². The number of carbonyl (C=O) groups excluding carboxylic acids is 2. The van der Waals surface area contributed by atoms with Crippen LogP contribution < -0.4 is 10.1 Å². The summed E-state index contributed by atoms with van der Waals surface area (Å²) in [6.45, 7) is 9.98. The first kappa shape index (κ1) is 24.7. The van der Waals surface area contributed by atoms with E-state index in [0.29, 0.717) is 23.7 Å². The third-order valence-corrected chi connectivity index (χ3v) is 5.78. The van der Waals surface area contributed by atoms with E-state index in [9.17, 15) is 9.59 Å². The number of aryl methyl sites for hydroxylation is 2. The molecular weight excluding hydrogens is 412 g/mol. The molecule has 0 aromatic heterocycles. The molecule has 0 heterocycles. The summed E-state index contributed by atoms with van der Waals surface area (Å²) in [6, 6.07) is 12.7. The third-order valence-electron chi connectivity index (χ3n) is 5.35. The standard InChI is InChI=1S/C25H33ClN2O3/c1-6-19(5)27-25(30)23(7-2)28(15-20-10-8-17(3)9-11-20)24(29)16-31-21-12-13-22(26)18(4)14-21/h8-14,19,23H,6-7,15-16H2,1-5H3,(H,27,30)/t19-,23-/m0/s1. The molecule has 2 aromatic carbocycles. The lowest BCUT2D eigenvalue weighted by atomic mass is 10.1. The van der Waals surface area contributed by atoms with Crippen LogP contribution in [0.1, 0.15) is 50.3 Å². The fourth-order valence-corrected chi connectivity index (χ4v) is 3.30. The van der Waals surface area contributed by atoms with Crippen molar-refractivity contribution < 1.29 is 14.3 Å². The van der Waals surface area contributed by atoms with Gasteiger partial charge < -0.3 is 15.0 Å². The molecule has 2 rings (SSSR count). The van der Waals surface area contributed by atoms with Gasteiger partial charge in [0.15, 0.2) is 6.61 Å². The van der Waals surface area contributed by atoms with Crippen LogP contribution >= 0.6 is 11.6 Å². The first-order valence-corrected chi connectivity index (χ1v) is 11.2. The Morgan fingerprint density at radius 1 is 1.06 bits per heavy atom. The van der Waals surface area contributed by atoms with Crippen molar-refractivity contribution in [3.05, 3.63) is 64.2 Å². The molecule has 6 heteroatoms. The predicted octanol–water partition coefficient (Wildman–Crippen LogP) is 5.06. The molecule has 0 aliphatic rings. The zero-order valence-corrected chi connectivity index (χ0v) is 19.8. The minimum atomic E-state index is -0.571. The van der Waals surface area contributed by atoms with Gasteiger partial charge in [-0.1, -0.05) is 55.3 Å². The Kier molecular flexibility index (Phi) is 9.38. The summed E-state index contributed by atoms with van der Waals surface area (Å²) in [4.78, 5) is 27.7. The first-order valence-electron chi connectivity index (χ1n) is 10.8. The Morgan fingerprint density at radius 3 is 2.32 bits per heavy atom. The van der Waals surface area contributed by atoms with Crippen molar-refractivity contribution in [3.8, 4) is 5.75 Å². The van der Waals surface area contributed by atoms with E-state index in [1.165, 1.54) is 0 Å². The Balaban J connectivity index is 2.21. The van der Waals surface area contributed by atoms with Crippen LogP contribution in [0.4, 0.5) is 0 Å². The summed E-state index contributed by atoms with van der Waals surface area (Å²) in [7, 11) is 0. The number of ether oxygens (including phenoxy) is 1. The number of nitrogens with zero attached hydrogens (tertiary/aromatic N) is 1. The van der Waals surface area contributed by atoms with Crippen LogP contribution in [-0.4, -0.2) is 35.4 Å². The molecule has 0 radical (unpaired) electrons. The molecule has 0 aliphatic heterocycles. The summed E-state index contributed by atoms with van der Waals surface area (Å²) in [5.74, 6) is 0.196. The lowest BCUT2D eigenvalue weighted by Gasteiger charge is -2.31. The molecule has 31 heavy (non-hydrogen) atoms. The summed E-state index contributed by atoms with van der Waals surface area (Å²) in [5.41, 5.74) is 2.99. The van der Waals surface area contributed by atoms with Gasteiger partial charge in [-0.2, -0.15) is 0 Å². The van der Waals surface area contributed by atoms with Crippen molar-refractivity contribution >= 4 is 23.4 Å². The van der Waals surface area contributed by atoms with Gasteiger partial charge in [0, 0.05) is 17.6 Å². The predicted molar refractivity (Wildman–Crippen MR) is 125 cm³/mol. The monoisotopic (exact) mass is 444 g/mol. The number of hydrogen-bond acceptors (Lipinski definition) is 3. The van der Waals surface area contributed by atoms with Crippen LogP contribution in [-0.2, 0) is 16.1 Å². The van der Waals surface area contributed by atoms with Gasteiger partial charge in [0.1, 0.15) is 11.8 Å². The van der Waals surface area contributed by atoms with Gasteiger partial charge in [-0.15, -0.1) is 0 Å². The first-order chi connectivity index (χ1) is 14.7. The van der Waals surface area contributed by atoms with Gasteiger partial charge in [-0.25, -0.2) is 0 Å². The molecule has 5 nitrogen and oxygen atoms in total. The molecular formula is C25H33ClN2O3. The van der Waals surface area contributed by atoms with E-state index in [1.54, 1.807) is 23.1 Å². The van der Waals surface area contributed by atoms with Crippen LogP contribution in [0.15, 0.2) is 42.5 Å². The van der Waals surface area contributed by atoms with Crippen LogP contribution in [0.2, 0.25) is 5.02 Å². The molecule has 0 spiro atoms. The average molecular weight is 445 g/mol. The summed E-state index contributed by atoms with van der Waals surface area (Å²) >= 11 is 6.07. The molecule has 2 atom stereocenters. The van der Waals surface area contributed by atoms with Crippen molar-refractivity contribution in [2.24, 2.45) is 0 Å². The van der Waals surface area contributed by atoms with Gasteiger partial charge in [0.2, 0.25) is 5.91 Å². The molecule has 1 N–H and O–H groups in total. The largest absolute Gasteiger partial charge is 0.484 e. The zero-order chi connectivity index (χ0) is 23.0. The number of carbonyl (C=O) groups is 2. The third kappa shape index (κ3) is 7.28. The van der Waals surface area contributed by atoms with Crippen LogP contribution in [0.3, 0.4) is 0 Å². The average Bonchev–Trinajstić information content (AvgIpc) is 2.75. The number of amides is 2. The van der Waals surface area contributed by atoms with Gasteiger partial charge in [-0.3, -0.25) is 9.59 Å². The van der Waals surface area contributed by atoms with Crippen molar-refractivity contribution in [2.45, 2.75) is 66.1 Å². The molecule has 2 amide bonds. The smallest absolute Gasteiger partial charge is 0.261 e. The van der Waals surface area contributed by atoms with E-state index in [4.69, 9.17) is 16.3 Å². The van der Waals surface area contributed by atoms with E-state index >= 15 is 0 Å². The minimum absolute atomic E-state index is 0.0474. The Morgan fingerprint density at radius 2 is 1.74 bits per heavy atom. The van der Waals surface area contributed by atoms with E-state index in [1.807, 2.05) is 58.9 Å². The SMILES string of the molecule is CC[C@H](C)NC(=O)[C@H](CC)N(Cc1ccc(C)cc1)C(=O)COc1ccc(Cl)c(C)c1. The number of nitrogens with one attached hydrogen (secondary N) is 1. The molecule has 0 aliphatic carbocycles. The van der Waals surface area contributed by atoms with Crippen molar-refractivity contribution in [1.82, 2.24) is 10.2 Å². The minimum Gasteiger partial charge on any atom is -0.484 e. The summed E-state index contributed by atoms with van der Waals surface area (Å²) in [6.07, 6.45) is 1.34. The van der Waals surface area contributed by atoms with E-state index in [0.717, 1.165) is 23.1 Å². The molecule has 0 saturated heterocycles. The van der Waals surface area contributed by atoms with Crippen LogP contribution in [0.5, 0.6) is 5.75 Å². The van der Waals surface area contributed by atoms with Crippen molar-refractivity contribution in [1.29, 1.82) is 0 Å². The number of benzene rings is 2. The van der Waals surface area contributed by atoms with Crippen molar-refractivity contribution in [3.63, 3.8) is 0 Å². The number of rotatable bonds is 10. The lowest BCUT2D eigenvalue weighted by molar-refractivity contribution is -0.143. The summed E-state index contributed by atoms with van der Waals surface area (Å²) < 4.78 is 5.74. The van der Waals surface area contributed by atoms with Crippen LogP contribution in [0.25, 0.3) is 0 Å². The lowest BCUT2D eigenvalue weighted by Crippen LogP contribution is -2.51. The van der Waals surface area contributed by atoms with Gasteiger partial charge in [0.05, 0.1) is 0 Å². The topological polar surface area (TPSA) is 58.6 Å². The second kappa shape index (κ2) is 11.8. The fraction of sp³-hybridized carbons (Fsp3) is 0.440. The second-order valence-electron chi connectivity index (χ2n) is 7.95. The molecule has 168 valence electrons. The van der Waals surface area contributed by atoms with Crippen LogP contribution in [0, 0.1) is 13.8 Å². The molecule has 0 saturated carbocycles. The van der Waals surface area contributed by atoms with Gasteiger partial charge in [0.25, 0.3) is 5.91 Å². The highest BCUT2D eigenvalue weighted by atomic mass is 35.5. The van der Waals surface area contributed by atoms with Gasteiger partial charge in [-0.05, 0) is 62.9 Å². The Labute approximate surface area is 190 Å². The highest BCUT2D eigenvalue weighted by molar-refractivity contribution is 6.31. The molecule has 2 aromatic rings. The van der Waals surface area contributed by atoms with Gasteiger partial charge >= 0.3 is 0 Å². The number of hydrogen-bond donors (Lipinski definition) is 1. The highest BCUT2D eigenvalue weighted by Gasteiger charge is 2.29. The maximum atomic E-state index is 13.2. The maximum Gasteiger partial charge on any atom is 0.261 e.